The van der Waals surface area contributed by atoms with Crippen molar-refractivity contribution in [1.82, 2.24) is 5.32 Å². The lowest BCUT2D eigenvalue weighted by molar-refractivity contribution is -0.892. The maximum absolute atomic E-state index is 12.3. The first-order chi connectivity index (χ1) is 11.6. The summed E-state index contributed by atoms with van der Waals surface area (Å²) in [5, 5.41) is 13.2. The summed E-state index contributed by atoms with van der Waals surface area (Å²) in [6.45, 7) is 6.43. The van der Waals surface area contributed by atoms with Crippen molar-refractivity contribution in [2.75, 3.05) is 37.6 Å². The number of carbonyl (C=O) groups is 1. The van der Waals surface area contributed by atoms with E-state index in [9.17, 15) is 9.90 Å². The Hall–Kier alpha value is -1.75. The van der Waals surface area contributed by atoms with Gasteiger partial charge in [0.2, 0.25) is 0 Å². The third-order valence-corrected chi connectivity index (χ3v) is 5.56. The third kappa shape index (κ3) is 4.20. The summed E-state index contributed by atoms with van der Waals surface area (Å²) in [4.78, 5) is 15.9. The quantitative estimate of drug-likeness (QED) is 0.764. The molecule has 3 rings (SSSR count). The van der Waals surface area contributed by atoms with Crippen molar-refractivity contribution in [3.05, 3.63) is 24.3 Å². The van der Waals surface area contributed by atoms with Gasteiger partial charge in [0, 0.05) is 6.04 Å². The Morgan fingerprint density at radius 1 is 1.25 bits per heavy atom. The molecular formula is C19H30N3O2+. The van der Waals surface area contributed by atoms with E-state index in [0.717, 1.165) is 38.3 Å². The smallest absolute Gasteiger partial charge is 0.275 e. The minimum Gasteiger partial charge on any atom is -0.506 e. The number of hydrogen-bond donors (Lipinski definition) is 3. The fraction of sp³-hybridized carbons (Fsp3) is 0.632. The Balaban J connectivity index is 1.45. The fourth-order valence-corrected chi connectivity index (χ4v) is 3.99. The molecule has 0 unspecified atom stereocenters. The van der Waals surface area contributed by atoms with E-state index >= 15 is 0 Å². The number of para-hydroxylation sites is 2. The molecule has 2 fully saturated rings. The van der Waals surface area contributed by atoms with E-state index in [1.54, 1.807) is 6.07 Å². The highest BCUT2D eigenvalue weighted by molar-refractivity contribution is 5.77. The van der Waals surface area contributed by atoms with Crippen LogP contribution in [0.15, 0.2) is 24.3 Å². The van der Waals surface area contributed by atoms with Crippen molar-refractivity contribution in [3.8, 4) is 5.75 Å². The van der Waals surface area contributed by atoms with Crippen molar-refractivity contribution in [1.29, 1.82) is 0 Å². The van der Waals surface area contributed by atoms with E-state index in [-0.39, 0.29) is 5.91 Å². The number of rotatable bonds is 4. The van der Waals surface area contributed by atoms with E-state index in [4.69, 9.17) is 0 Å². The number of piperazine rings is 1. The molecule has 2 atom stereocenters. The minimum atomic E-state index is 0.194. The molecule has 1 heterocycles. The molecule has 24 heavy (non-hydrogen) atoms. The first-order valence-corrected chi connectivity index (χ1v) is 9.29. The molecule has 0 radical (unpaired) electrons. The molecule has 1 aromatic carbocycles. The number of anilines is 1. The highest BCUT2D eigenvalue weighted by atomic mass is 16.3. The van der Waals surface area contributed by atoms with Crippen molar-refractivity contribution in [3.63, 3.8) is 0 Å². The van der Waals surface area contributed by atoms with Gasteiger partial charge < -0.3 is 20.2 Å². The lowest BCUT2D eigenvalue weighted by atomic mass is 9.86. The molecule has 5 nitrogen and oxygen atoms in total. The molecule has 1 aliphatic carbocycles. The van der Waals surface area contributed by atoms with Gasteiger partial charge in [-0.25, -0.2) is 0 Å². The molecule has 1 aromatic rings. The number of nitrogens with zero attached hydrogens (tertiary/aromatic N) is 1. The molecule has 1 amide bonds. The van der Waals surface area contributed by atoms with Crippen LogP contribution in [0.1, 0.15) is 32.6 Å². The summed E-state index contributed by atoms with van der Waals surface area (Å²) in [7, 11) is 0. The number of benzene rings is 1. The van der Waals surface area contributed by atoms with Gasteiger partial charge in [-0.05, 0) is 30.9 Å². The largest absolute Gasteiger partial charge is 0.506 e. The van der Waals surface area contributed by atoms with E-state index in [2.05, 4.69) is 17.1 Å². The molecule has 0 bridgehead atoms. The topological polar surface area (TPSA) is 57.0 Å². The average molecular weight is 332 g/mol. The van der Waals surface area contributed by atoms with Crippen LogP contribution in [0.5, 0.6) is 5.75 Å². The van der Waals surface area contributed by atoms with Gasteiger partial charge in [-0.3, -0.25) is 4.79 Å². The molecule has 1 saturated carbocycles. The van der Waals surface area contributed by atoms with Crippen LogP contribution in [-0.2, 0) is 4.79 Å². The van der Waals surface area contributed by atoms with Crippen LogP contribution >= 0.6 is 0 Å². The molecule has 1 saturated heterocycles. The van der Waals surface area contributed by atoms with Crippen LogP contribution in [0.3, 0.4) is 0 Å². The number of aromatic hydroxyl groups is 1. The van der Waals surface area contributed by atoms with Gasteiger partial charge in [0.25, 0.3) is 5.91 Å². The highest BCUT2D eigenvalue weighted by Crippen LogP contribution is 2.26. The first kappa shape index (κ1) is 17.1. The zero-order valence-corrected chi connectivity index (χ0v) is 14.6. The van der Waals surface area contributed by atoms with Gasteiger partial charge in [-0.15, -0.1) is 0 Å². The van der Waals surface area contributed by atoms with Gasteiger partial charge in [0.15, 0.2) is 6.54 Å². The third-order valence-electron chi connectivity index (χ3n) is 5.56. The number of quaternary nitrogens is 1. The number of amides is 1. The predicted molar refractivity (Wildman–Crippen MR) is 95.4 cm³/mol. The zero-order chi connectivity index (χ0) is 16.9. The molecular weight excluding hydrogens is 302 g/mol. The maximum atomic E-state index is 12.3. The van der Waals surface area contributed by atoms with Crippen LogP contribution in [0, 0.1) is 5.92 Å². The van der Waals surface area contributed by atoms with E-state index < -0.39 is 0 Å². The molecule has 2 aliphatic rings. The van der Waals surface area contributed by atoms with Crippen LogP contribution in [-0.4, -0.2) is 49.8 Å². The second-order valence-corrected chi connectivity index (χ2v) is 7.34. The van der Waals surface area contributed by atoms with Gasteiger partial charge in [0.05, 0.1) is 31.9 Å². The standard InChI is InChI=1S/C19H29N3O2/c1-15-6-2-3-7-16(15)20-19(24)14-21-10-12-22(13-11-21)17-8-4-5-9-18(17)23/h4-5,8-9,15-16,23H,2-3,6-7,10-14H2,1H3,(H,20,24)/p+1/t15-,16-/m0/s1. The second-order valence-electron chi connectivity index (χ2n) is 7.34. The van der Waals surface area contributed by atoms with Gasteiger partial charge in [0.1, 0.15) is 5.75 Å². The number of phenols is 1. The van der Waals surface area contributed by atoms with E-state index in [1.807, 2.05) is 18.2 Å². The Morgan fingerprint density at radius 3 is 2.67 bits per heavy atom. The lowest BCUT2D eigenvalue weighted by Crippen LogP contribution is -3.16. The first-order valence-electron chi connectivity index (χ1n) is 9.29. The predicted octanol–water partition coefficient (Wildman–Crippen LogP) is 0.792. The van der Waals surface area contributed by atoms with Crippen LogP contribution in [0.25, 0.3) is 0 Å². The normalized spacial score (nSPS) is 25.5. The summed E-state index contributed by atoms with van der Waals surface area (Å²) in [6, 6.07) is 7.85. The Morgan fingerprint density at radius 2 is 1.96 bits per heavy atom. The van der Waals surface area contributed by atoms with Crippen LogP contribution < -0.4 is 15.1 Å². The number of hydrogen-bond acceptors (Lipinski definition) is 3. The summed E-state index contributed by atoms with van der Waals surface area (Å²) in [5.74, 6) is 1.14. The molecule has 132 valence electrons. The number of nitrogens with one attached hydrogen (secondary N) is 2. The maximum Gasteiger partial charge on any atom is 0.275 e. The van der Waals surface area contributed by atoms with Gasteiger partial charge in [-0.2, -0.15) is 0 Å². The zero-order valence-electron chi connectivity index (χ0n) is 14.6. The SMILES string of the molecule is C[C@H]1CCCC[C@@H]1NC(=O)C[NH+]1CCN(c2ccccc2O)CC1. The van der Waals surface area contributed by atoms with E-state index in [0.29, 0.717) is 24.3 Å². The van der Waals surface area contributed by atoms with Crippen molar-refractivity contribution >= 4 is 11.6 Å². The number of phenolic OH excluding ortho intramolecular Hbond substituents is 1. The van der Waals surface area contributed by atoms with Crippen LogP contribution in [0.4, 0.5) is 5.69 Å². The van der Waals surface area contributed by atoms with Gasteiger partial charge >= 0.3 is 0 Å². The van der Waals surface area contributed by atoms with Crippen molar-refractivity contribution < 1.29 is 14.8 Å². The van der Waals surface area contributed by atoms with Crippen molar-refractivity contribution in [2.45, 2.75) is 38.6 Å². The van der Waals surface area contributed by atoms with E-state index in [1.165, 1.54) is 24.2 Å². The van der Waals surface area contributed by atoms with Crippen molar-refractivity contribution in [2.24, 2.45) is 5.92 Å². The number of carbonyl (C=O) groups excluding carboxylic acids is 1. The van der Waals surface area contributed by atoms with Gasteiger partial charge in [-0.1, -0.05) is 31.9 Å². The fourth-order valence-electron chi connectivity index (χ4n) is 3.99. The summed E-state index contributed by atoms with van der Waals surface area (Å²) >= 11 is 0. The molecule has 3 N–H and O–H groups in total. The monoisotopic (exact) mass is 332 g/mol. The summed E-state index contributed by atoms with van der Waals surface area (Å²) in [5.41, 5.74) is 0.900. The molecule has 5 heteroatoms. The summed E-state index contributed by atoms with van der Waals surface area (Å²) < 4.78 is 0. The Bertz CT molecular complexity index is 555. The Labute approximate surface area is 144 Å². The van der Waals surface area contributed by atoms with Crippen LogP contribution in [0.2, 0.25) is 0 Å². The Kier molecular flexibility index (Phi) is 5.61. The minimum absolute atomic E-state index is 0.194. The molecule has 0 aromatic heterocycles. The summed E-state index contributed by atoms with van der Waals surface area (Å²) in [6.07, 6.45) is 4.90. The molecule has 0 spiro atoms. The molecule has 1 aliphatic heterocycles. The highest BCUT2D eigenvalue weighted by Gasteiger charge is 2.27. The second kappa shape index (κ2) is 7.88. The lowest BCUT2D eigenvalue weighted by Gasteiger charge is -2.34. The average Bonchev–Trinajstić information content (AvgIpc) is 2.58.